The zero-order valence-electron chi connectivity index (χ0n) is 15.1. The Bertz CT molecular complexity index is 1280. The Kier molecular flexibility index (Phi) is 4.02. The number of aromatic nitrogens is 6. The summed E-state index contributed by atoms with van der Waals surface area (Å²) in [7, 11) is 1.59. The number of methoxy groups -OCH3 is 1. The molecule has 0 amide bonds. The summed E-state index contributed by atoms with van der Waals surface area (Å²) < 4.78 is 6.94. The molecule has 9 nitrogen and oxygen atoms in total. The van der Waals surface area contributed by atoms with Crippen molar-refractivity contribution in [3.05, 3.63) is 75.0 Å². The Morgan fingerprint density at radius 2 is 2.03 bits per heavy atom. The lowest BCUT2D eigenvalue weighted by Gasteiger charge is -2.28. The Morgan fingerprint density at radius 1 is 1.17 bits per heavy atom. The molecule has 4 aromatic rings. The molecule has 0 fully saturated rings. The fraction of sp³-hybridized carbons (Fsp3) is 0.105. The van der Waals surface area contributed by atoms with Gasteiger partial charge in [-0.2, -0.15) is 9.78 Å². The van der Waals surface area contributed by atoms with E-state index in [0.717, 1.165) is 11.1 Å². The Hall–Kier alpha value is -3.72. The summed E-state index contributed by atoms with van der Waals surface area (Å²) in [4.78, 5) is 12.6. The van der Waals surface area contributed by atoms with E-state index in [4.69, 9.17) is 16.3 Å². The molecule has 29 heavy (non-hydrogen) atoms. The van der Waals surface area contributed by atoms with Gasteiger partial charge in [-0.1, -0.05) is 47.0 Å². The average Bonchev–Trinajstić information content (AvgIpc) is 3.22. The number of nitrogens with one attached hydrogen (secondary N) is 2. The van der Waals surface area contributed by atoms with Gasteiger partial charge >= 0.3 is 0 Å². The van der Waals surface area contributed by atoms with Crippen molar-refractivity contribution in [2.45, 2.75) is 6.04 Å². The third-order valence-corrected chi connectivity index (χ3v) is 5.16. The highest BCUT2D eigenvalue weighted by Gasteiger charge is 2.35. The number of anilines is 2. The summed E-state index contributed by atoms with van der Waals surface area (Å²) in [6, 6.07) is 14.3. The standard InChI is InChI=1S/C19H14ClN7O2/c1-29-11-6-4-5-10(9-11)15-14-16(18(28)23-22-15)21-19-24-25-26-27(19)17(14)12-7-2-3-8-13(12)20/h2-9,17H,1H3,(H,23,28)(H,21,24,26)/t17-/m0/s1. The van der Waals surface area contributed by atoms with E-state index in [1.165, 1.54) is 0 Å². The van der Waals surface area contributed by atoms with Gasteiger partial charge in [-0.3, -0.25) is 4.79 Å². The van der Waals surface area contributed by atoms with E-state index in [0.29, 0.717) is 33.7 Å². The minimum Gasteiger partial charge on any atom is -0.497 e. The van der Waals surface area contributed by atoms with Crippen molar-refractivity contribution < 1.29 is 4.74 Å². The summed E-state index contributed by atoms with van der Waals surface area (Å²) in [5, 5.41) is 22.3. The lowest BCUT2D eigenvalue weighted by Crippen LogP contribution is -2.29. The quantitative estimate of drug-likeness (QED) is 0.473. The van der Waals surface area contributed by atoms with Gasteiger partial charge in [0.2, 0.25) is 5.95 Å². The van der Waals surface area contributed by atoms with Gasteiger partial charge in [0.15, 0.2) is 0 Å². The van der Waals surface area contributed by atoms with Crippen LogP contribution in [0.1, 0.15) is 17.2 Å². The van der Waals surface area contributed by atoms with Crippen molar-refractivity contribution in [2.24, 2.45) is 0 Å². The molecule has 10 heteroatoms. The van der Waals surface area contributed by atoms with Crippen LogP contribution in [0.3, 0.4) is 0 Å². The van der Waals surface area contributed by atoms with Gasteiger partial charge in [0.1, 0.15) is 17.5 Å². The van der Waals surface area contributed by atoms with Crippen LogP contribution >= 0.6 is 11.6 Å². The molecule has 0 unspecified atom stereocenters. The van der Waals surface area contributed by atoms with E-state index in [-0.39, 0.29) is 5.56 Å². The molecule has 0 radical (unpaired) electrons. The maximum absolute atomic E-state index is 12.6. The van der Waals surface area contributed by atoms with Crippen LogP contribution in [0.4, 0.5) is 11.6 Å². The van der Waals surface area contributed by atoms with E-state index in [2.05, 4.69) is 31.0 Å². The van der Waals surface area contributed by atoms with Crippen LogP contribution in [0.2, 0.25) is 5.02 Å². The summed E-state index contributed by atoms with van der Waals surface area (Å²) in [5.41, 5.74) is 2.66. The number of tetrazole rings is 1. The highest BCUT2D eigenvalue weighted by Crippen LogP contribution is 2.43. The minimum absolute atomic E-state index is 0.324. The van der Waals surface area contributed by atoms with Gasteiger partial charge in [0.05, 0.1) is 12.8 Å². The molecule has 3 heterocycles. The lowest BCUT2D eigenvalue weighted by molar-refractivity contribution is 0.415. The fourth-order valence-corrected chi connectivity index (χ4v) is 3.75. The molecule has 2 aromatic heterocycles. The topological polar surface area (TPSA) is 111 Å². The predicted molar refractivity (Wildman–Crippen MR) is 107 cm³/mol. The molecule has 0 bridgehead atoms. The van der Waals surface area contributed by atoms with Crippen LogP contribution < -0.4 is 15.6 Å². The third-order valence-electron chi connectivity index (χ3n) is 4.81. The molecule has 0 saturated carbocycles. The smallest absolute Gasteiger partial charge is 0.288 e. The van der Waals surface area contributed by atoms with Crippen LogP contribution in [0.25, 0.3) is 11.3 Å². The van der Waals surface area contributed by atoms with E-state index in [1.54, 1.807) is 17.9 Å². The highest BCUT2D eigenvalue weighted by molar-refractivity contribution is 6.31. The normalized spacial score (nSPS) is 14.6. The number of benzene rings is 2. The van der Waals surface area contributed by atoms with Crippen LogP contribution in [-0.4, -0.2) is 37.5 Å². The molecule has 0 spiro atoms. The second-order valence-corrected chi connectivity index (χ2v) is 6.83. The largest absolute Gasteiger partial charge is 0.497 e. The van der Waals surface area contributed by atoms with Gasteiger partial charge in [0, 0.05) is 21.7 Å². The summed E-state index contributed by atoms with van der Waals surface area (Å²) in [6.07, 6.45) is 0. The number of H-pyrrole nitrogens is 1. The Morgan fingerprint density at radius 3 is 2.86 bits per heavy atom. The molecule has 1 atom stereocenters. The Labute approximate surface area is 169 Å². The van der Waals surface area contributed by atoms with Crippen molar-refractivity contribution >= 4 is 23.2 Å². The molecule has 5 rings (SSSR count). The maximum Gasteiger partial charge on any atom is 0.288 e. The SMILES string of the molecule is COc1cccc(-c2n[nH]c(=O)c3c2[C@H](c2ccccc2Cl)n2nnnc2N3)c1. The van der Waals surface area contributed by atoms with E-state index in [1.807, 2.05) is 42.5 Å². The molecule has 1 aliphatic heterocycles. The number of hydrogen-bond acceptors (Lipinski definition) is 7. The Balaban J connectivity index is 1.83. The number of halogens is 1. The number of ether oxygens (including phenoxy) is 1. The summed E-state index contributed by atoms with van der Waals surface area (Å²) >= 11 is 6.51. The highest BCUT2D eigenvalue weighted by atomic mass is 35.5. The van der Waals surface area contributed by atoms with Crippen molar-refractivity contribution in [3.8, 4) is 17.0 Å². The van der Waals surface area contributed by atoms with Gasteiger partial charge in [-0.15, -0.1) is 0 Å². The van der Waals surface area contributed by atoms with Gasteiger partial charge in [-0.25, -0.2) is 5.10 Å². The first-order chi connectivity index (χ1) is 14.2. The van der Waals surface area contributed by atoms with Gasteiger partial charge in [-0.05, 0) is 28.6 Å². The average molecular weight is 408 g/mol. The molecule has 2 N–H and O–H groups in total. The van der Waals surface area contributed by atoms with E-state index < -0.39 is 6.04 Å². The predicted octanol–water partition coefficient (Wildman–Crippen LogP) is 2.78. The third kappa shape index (κ3) is 2.74. The monoisotopic (exact) mass is 407 g/mol. The number of hydrogen-bond donors (Lipinski definition) is 2. The second-order valence-electron chi connectivity index (χ2n) is 6.42. The molecule has 2 aromatic carbocycles. The first kappa shape index (κ1) is 17.4. The van der Waals surface area contributed by atoms with Gasteiger partial charge in [0.25, 0.3) is 5.56 Å². The lowest BCUT2D eigenvalue weighted by atomic mass is 9.92. The molecule has 0 saturated heterocycles. The van der Waals surface area contributed by atoms with Crippen molar-refractivity contribution in [1.82, 2.24) is 30.4 Å². The van der Waals surface area contributed by atoms with Crippen LogP contribution in [0.15, 0.2) is 53.3 Å². The molecule has 1 aliphatic rings. The van der Waals surface area contributed by atoms with Gasteiger partial charge < -0.3 is 10.1 Å². The van der Waals surface area contributed by atoms with Crippen LogP contribution in [0, 0.1) is 0 Å². The zero-order valence-corrected chi connectivity index (χ0v) is 15.9. The first-order valence-corrected chi connectivity index (χ1v) is 9.11. The molecular formula is C19H14ClN7O2. The van der Waals surface area contributed by atoms with E-state index >= 15 is 0 Å². The fourth-order valence-electron chi connectivity index (χ4n) is 3.51. The number of nitrogens with zero attached hydrogens (tertiary/aromatic N) is 5. The summed E-state index contributed by atoms with van der Waals surface area (Å²) in [6.45, 7) is 0. The first-order valence-electron chi connectivity index (χ1n) is 8.73. The second kappa shape index (κ2) is 6.71. The van der Waals surface area contributed by atoms with Crippen LogP contribution in [0.5, 0.6) is 5.75 Å². The number of rotatable bonds is 3. The number of fused-ring (bicyclic) bond motifs is 2. The molecular weight excluding hydrogens is 394 g/mol. The summed E-state index contributed by atoms with van der Waals surface area (Å²) in [5.74, 6) is 1.01. The van der Waals surface area contributed by atoms with Crippen LogP contribution in [-0.2, 0) is 0 Å². The van der Waals surface area contributed by atoms with Crippen molar-refractivity contribution in [1.29, 1.82) is 0 Å². The molecule has 0 aliphatic carbocycles. The molecule has 144 valence electrons. The maximum atomic E-state index is 12.6. The zero-order chi connectivity index (χ0) is 20.0. The van der Waals surface area contributed by atoms with Crippen molar-refractivity contribution in [3.63, 3.8) is 0 Å². The minimum atomic E-state index is -0.541. The number of aromatic amines is 1. The van der Waals surface area contributed by atoms with E-state index in [9.17, 15) is 4.79 Å². The van der Waals surface area contributed by atoms with Crippen molar-refractivity contribution in [2.75, 3.05) is 12.4 Å².